The van der Waals surface area contributed by atoms with E-state index in [1.54, 1.807) is 22.9 Å². The number of likely N-dealkylation sites (tertiary alicyclic amines) is 1. The fraction of sp³-hybridized carbons (Fsp3) is 0.559. The van der Waals surface area contributed by atoms with Crippen molar-refractivity contribution in [2.24, 2.45) is 0 Å². The van der Waals surface area contributed by atoms with Crippen molar-refractivity contribution in [1.82, 2.24) is 24.7 Å². The molecule has 1 atom stereocenters. The third-order valence-corrected chi connectivity index (χ3v) is 8.28. The van der Waals surface area contributed by atoms with Crippen molar-refractivity contribution in [3.05, 3.63) is 59.1 Å². The summed E-state index contributed by atoms with van der Waals surface area (Å²) in [5.74, 6) is 0.283. The minimum Gasteiger partial charge on any atom is -0.464 e. The van der Waals surface area contributed by atoms with E-state index >= 15 is 0 Å². The van der Waals surface area contributed by atoms with Gasteiger partial charge in [0.25, 0.3) is 5.91 Å². The Morgan fingerprint density at radius 3 is 2.31 bits per heavy atom. The summed E-state index contributed by atoms with van der Waals surface area (Å²) >= 11 is 0. The van der Waals surface area contributed by atoms with Crippen molar-refractivity contribution >= 4 is 17.6 Å². The summed E-state index contributed by atoms with van der Waals surface area (Å²) in [7, 11) is 3.96. The number of ether oxygens (including phenoxy) is 1. The second-order valence-corrected chi connectivity index (χ2v) is 11.4. The van der Waals surface area contributed by atoms with Crippen LogP contribution in [0.5, 0.6) is 6.01 Å². The first-order valence-electron chi connectivity index (χ1n) is 16.0. The van der Waals surface area contributed by atoms with Gasteiger partial charge >= 0.3 is 6.01 Å². The number of likely N-dealkylation sites (N-methyl/N-ethyl adjacent to an activating group) is 1. The van der Waals surface area contributed by atoms with Crippen molar-refractivity contribution in [3.8, 4) is 12.1 Å². The monoisotopic (exact) mass is 621 g/mol. The smallest absolute Gasteiger partial charge is 0.318 e. The average Bonchev–Trinajstić information content (AvgIpc) is 3.54. The predicted molar refractivity (Wildman–Crippen MR) is 174 cm³/mol. The van der Waals surface area contributed by atoms with Gasteiger partial charge in [-0.1, -0.05) is 20.4 Å². The van der Waals surface area contributed by atoms with E-state index in [0.717, 1.165) is 22.6 Å². The first-order valence-corrected chi connectivity index (χ1v) is 16.0. The van der Waals surface area contributed by atoms with Crippen LogP contribution in [-0.2, 0) is 24.1 Å². The van der Waals surface area contributed by atoms with Gasteiger partial charge in [0.2, 0.25) is 5.91 Å². The van der Waals surface area contributed by atoms with Gasteiger partial charge in [0, 0.05) is 63.2 Å². The van der Waals surface area contributed by atoms with Gasteiger partial charge in [-0.3, -0.25) is 9.59 Å². The molecular formula is C34H48FN7O3. The Morgan fingerprint density at radius 1 is 1.11 bits per heavy atom. The van der Waals surface area contributed by atoms with E-state index in [-0.39, 0.29) is 23.7 Å². The minimum atomic E-state index is -0.342. The van der Waals surface area contributed by atoms with Gasteiger partial charge in [0.15, 0.2) is 0 Å². The molecule has 10 nitrogen and oxygen atoms in total. The molecular weight excluding hydrogens is 573 g/mol. The zero-order chi connectivity index (χ0) is 32.9. The molecule has 45 heavy (non-hydrogen) atoms. The molecule has 2 amide bonds. The summed E-state index contributed by atoms with van der Waals surface area (Å²) in [6.07, 6.45) is 6.55. The number of halogens is 1. The highest BCUT2D eigenvalue weighted by molar-refractivity contribution is 5.97. The second kappa shape index (κ2) is 17.4. The molecule has 0 spiro atoms. The summed E-state index contributed by atoms with van der Waals surface area (Å²) in [5, 5.41) is 7.62. The highest BCUT2D eigenvalue weighted by Gasteiger charge is 2.32. The number of piperazine rings is 1. The molecule has 244 valence electrons. The van der Waals surface area contributed by atoms with E-state index in [9.17, 15) is 14.0 Å². The number of aromatic nitrogens is 2. The van der Waals surface area contributed by atoms with Crippen molar-refractivity contribution in [3.63, 3.8) is 0 Å². The Kier molecular flexibility index (Phi) is 13.7. The lowest BCUT2D eigenvalue weighted by Crippen LogP contribution is -2.49. The Balaban J connectivity index is 0.000000473. The molecule has 2 aromatic rings. The van der Waals surface area contributed by atoms with E-state index in [1.165, 1.54) is 44.1 Å². The SMILES string of the molecule is C=CC(=O)N1CCN(c2nc(OCC)nc(C[C@@H]3Cc4cc(F)ccc4C(=O)N3C)c2CC)CC1.CCC#N.CN1CCCC1. The largest absolute Gasteiger partial charge is 0.464 e. The maximum absolute atomic E-state index is 13.9. The van der Waals surface area contributed by atoms with Crippen LogP contribution in [0.25, 0.3) is 0 Å². The molecule has 4 heterocycles. The molecule has 2 saturated heterocycles. The zero-order valence-electron chi connectivity index (χ0n) is 27.5. The lowest BCUT2D eigenvalue weighted by atomic mass is 9.90. The van der Waals surface area contributed by atoms with Crippen molar-refractivity contribution in [2.75, 3.05) is 64.9 Å². The van der Waals surface area contributed by atoms with Crippen LogP contribution in [0.3, 0.4) is 0 Å². The third kappa shape index (κ3) is 9.47. The highest BCUT2D eigenvalue weighted by Crippen LogP contribution is 2.30. The number of amides is 2. The van der Waals surface area contributed by atoms with Crippen LogP contribution in [0.2, 0.25) is 0 Å². The number of fused-ring (bicyclic) bond motifs is 1. The molecule has 5 rings (SSSR count). The lowest BCUT2D eigenvalue weighted by molar-refractivity contribution is -0.126. The molecule has 1 aromatic carbocycles. The van der Waals surface area contributed by atoms with Crippen molar-refractivity contribution in [1.29, 1.82) is 5.26 Å². The first-order chi connectivity index (χ1) is 21.7. The third-order valence-electron chi connectivity index (χ3n) is 8.28. The number of carbonyl (C=O) groups excluding carboxylic acids is 2. The highest BCUT2D eigenvalue weighted by atomic mass is 19.1. The molecule has 0 unspecified atom stereocenters. The van der Waals surface area contributed by atoms with E-state index in [0.29, 0.717) is 70.0 Å². The second-order valence-electron chi connectivity index (χ2n) is 11.4. The number of anilines is 1. The Labute approximate surface area is 267 Å². The molecule has 1 aromatic heterocycles. The van der Waals surface area contributed by atoms with Crippen LogP contribution in [0.15, 0.2) is 30.9 Å². The molecule has 3 aliphatic rings. The number of nitriles is 1. The number of hydrogen-bond donors (Lipinski definition) is 0. The van der Waals surface area contributed by atoms with E-state index in [4.69, 9.17) is 20.0 Å². The zero-order valence-corrected chi connectivity index (χ0v) is 27.5. The Bertz CT molecular complexity index is 1350. The summed E-state index contributed by atoms with van der Waals surface area (Å²) in [6.45, 7) is 14.9. The maximum Gasteiger partial charge on any atom is 0.318 e. The molecule has 2 fully saturated rings. The van der Waals surface area contributed by atoms with Crippen LogP contribution in [0.1, 0.15) is 67.2 Å². The van der Waals surface area contributed by atoms with Crippen molar-refractivity contribution < 1.29 is 18.7 Å². The molecule has 0 saturated carbocycles. The van der Waals surface area contributed by atoms with Gasteiger partial charge < -0.3 is 24.3 Å². The van der Waals surface area contributed by atoms with Crippen LogP contribution in [0.4, 0.5) is 10.2 Å². The molecule has 11 heteroatoms. The van der Waals surface area contributed by atoms with Crippen LogP contribution < -0.4 is 9.64 Å². The standard InChI is InChI=1S/C26H32FN5O3.C5H11N.C3H5N/c1-5-20-22(16-19-15-17-14-18(27)8-9-21(17)25(34)30(19)4)28-26(35-7-3)29-24(20)32-12-10-31(11-13-32)23(33)6-2;1-6-4-2-3-5-6;1-2-3-4/h6,8-9,14,19H,2,5,7,10-13,15-16H2,1,3-4H3;2-5H2,1H3;2H2,1H3/t19-;;/m0../s1. The van der Waals surface area contributed by atoms with Gasteiger partial charge in [-0.05, 0) is 82.6 Å². The summed E-state index contributed by atoms with van der Waals surface area (Å²) in [5.41, 5.74) is 3.10. The summed E-state index contributed by atoms with van der Waals surface area (Å²) < 4.78 is 19.6. The number of rotatable bonds is 7. The average molecular weight is 622 g/mol. The number of carbonyl (C=O) groups is 2. The van der Waals surface area contributed by atoms with E-state index < -0.39 is 0 Å². The first kappa shape index (κ1) is 35.4. The number of nitrogens with zero attached hydrogens (tertiary/aromatic N) is 7. The fourth-order valence-corrected chi connectivity index (χ4v) is 5.74. The van der Waals surface area contributed by atoms with Gasteiger partial charge in [-0.2, -0.15) is 15.2 Å². The summed E-state index contributed by atoms with van der Waals surface area (Å²) in [6, 6.07) is 6.41. The van der Waals surface area contributed by atoms with Gasteiger partial charge in [-0.25, -0.2) is 4.39 Å². The van der Waals surface area contributed by atoms with Crippen LogP contribution >= 0.6 is 0 Å². The summed E-state index contributed by atoms with van der Waals surface area (Å²) in [4.78, 5) is 42.5. The molecule has 0 radical (unpaired) electrons. The number of hydrogen-bond acceptors (Lipinski definition) is 8. The van der Waals surface area contributed by atoms with Crippen LogP contribution in [-0.4, -0.2) is 102 Å². The molecule has 3 aliphatic heterocycles. The lowest BCUT2D eigenvalue weighted by Gasteiger charge is -2.37. The van der Waals surface area contributed by atoms with E-state index in [1.807, 2.05) is 19.9 Å². The van der Waals surface area contributed by atoms with E-state index in [2.05, 4.69) is 30.4 Å². The maximum atomic E-state index is 13.9. The van der Waals surface area contributed by atoms with Gasteiger partial charge in [-0.15, -0.1) is 0 Å². The van der Waals surface area contributed by atoms with Crippen molar-refractivity contribution in [2.45, 2.75) is 65.3 Å². The number of benzene rings is 1. The Hall–Kier alpha value is -4.04. The fourth-order valence-electron chi connectivity index (χ4n) is 5.74. The minimum absolute atomic E-state index is 0.0690. The topological polar surface area (TPSA) is 106 Å². The van der Waals surface area contributed by atoms with Gasteiger partial charge in [0.05, 0.1) is 18.4 Å². The molecule has 0 N–H and O–H groups in total. The normalized spacial score (nSPS) is 17.8. The molecule has 0 bridgehead atoms. The molecule has 0 aliphatic carbocycles. The quantitative estimate of drug-likeness (QED) is 0.422. The van der Waals surface area contributed by atoms with Crippen LogP contribution in [0, 0.1) is 17.1 Å². The van der Waals surface area contributed by atoms with Gasteiger partial charge in [0.1, 0.15) is 11.6 Å². The Morgan fingerprint density at radius 2 is 1.78 bits per heavy atom. The predicted octanol–water partition coefficient (Wildman–Crippen LogP) is 4.28.